The van der Waals surface area contributed by atoms with Crippen molar-refractivity contribution in [1.82, 2.24) is 15.1 Å². The molecule has 30 heavy (non-hydrogen) atoms. The monoisotopic (exact) mass is 407 g/mol. The van der Waals surface area contributed by atoms with Crippen LogP contribution in [0.1, 0.15) is 42.1 Å². The maximum atomic E-state index is 12.5. The van der Waals surface area contributed by atoms with Crippen LogP contribution in [0.15, 0.2) is 42.5 Å². The molecule has 0 unspecified atom stereocenters. The van der Waals surface area contributed by atoms with Gasteiger partial charge in [0.25, 0.3) is 0 Å². The maximum absolute atomic E-state index is 12.5. The molecule has 4 rings (SSSR count). The summed E-state index contributed by atoms with van der Waals surface area (Å²) in [7, 11) is 0. The van der Waals surface area contributed by atoms with Crippen molar-refractivity contribution < 1.29 is 9.53 Å². The SMILES string of the molecule is CCc1ccc([C@@H](C)NC(=O)CN2CCN(Cc3ccc4c(c3)CCO4)CC2)cc1. The van der Waals surface area contributed by atoms with Crippen molar-refractivity contribution in [3.63, 3.8) is 0 Å². The zero-order chi connectivity index (χ0) is 20.9. The maximum Gasteiger partial charge on any atom is 0.234 e. The van der Waals surface area contributed by atoms with Gasteiger partial charge in [-0.15, -0.1) is 0 Å². The van der Waals surface area contributed by atoms with E-state index in [1.807, 2.05) is 0 Å². The Labute approximate surface area is 180 Å². The Hall–Kier alpha value is -2.37. The summed E-state index contributed by atoms with van der Waals surface area (Å²) in [4.78, 5) is 17.3. The molecule has 0 aromatic heterocycles. The van der Waals surface area contributed by atoms with E-state index < -0.39 is 0 Å². The number of hydrogen-bond donors (Lipinski definition) is 1. The second kappa shape index (κ2) is 9.63. The lowest BCUT2D eigenvalue weighted by atomic mass is 10.0. The molecule has 2 aliphatic heterocycles. The fourth-order valence-corrected chi connectivity index (χ4v) is 4.32. The summed E-state index contributed by atoms with van der Waals surface area (Å²) in [5.74, 6) is 1.15. The Kier molecular flexibility index (Phi) is 6.70. The average Bonchev–Trinajstić information content (AvgIpc) is 3.23. The van der Waals surface area contributed by atoms with Crippen molar-refractivity contribution in [2.24, 2.45) is 0 Å². The van der Waals surface area contributed by atoms with E-state index in [9.17, 15) is 4.79 Å². The standard InChI is InChI=1S/C25H33N3O2/c1-3-20-4-7-22(8-5-20)19(2)26-25(29)18-28-13-11-27(12-14-28)17-21-6-9-24-23(16-21)10-15-30-24/h4-9,16,19H,3,10-15,17-18H2,1-2H3,(H,26,29)/t19-/m1/s1. The largest absolute Gasteiger partial charge is 0.493 e. The first-order chi connectivity index (χ1) is 14.6. The molecule has 1 amide bonds. The number of piperazine rings is 1. The van der Waals surface area contributed by atoms with Gasteiger partial charge in [0.1, 0.15) is 5.75 Å². The van der Waals surface area contributed by atoms with Crippen LogP contribution in [0.4, 0.5) is 0 Å². The van der Waals surface area contributed by atoms with E-state index in [-0.39, 0.29) is 11.9 Å². The topological polar surface area (TPSA) is 44.8 Å². The molecule has 0 saturated carbocycles. The predicted octanol–water partition coefficient (Wildman–Crippen LogP) is 3.18. The molecule has 0 aliphatic carbocycles. The summed E-state index contributed by atoms with van der Waals surface area (Å²) < 4.78 is 5.60. The lowest BCUT2D eigenvalue weighted by molar-refractivity contribution is -0.123. The Morgan fingerprint density at radius 2 is 1.73 bits per heavy atom. The molecule has 2 aromatic rings. The minimum Gasteiger partial charge on any atom is -0.493 e. The summed E-state index contributed by atoms with van der Waals surface area (Å²) >= 11 is 0. The molecule has 2 aromatic carbocycles. The molecule has 5 nitrogen and oxygen atoms in total. The summed E-state index contributed by atoms with van der Waals surface area (Å²) in [6.07, 6.45) is 2.06. The highest BCUT2D eigenvalue weighted by Crippen LogP contribution is 2.26. The molecule has 1 N–H and O–H groups in total. The third kappa shape index (κ3) is 5.21. The number of amides is 1. The fourth-order valence-electron chi connectivity index (χ4n) is 4.32. The van der Waals surface area contributed by atoms with Crippen LogP contribution in [0.2, 0.25) is 0 Å². The second-order valence-corrected chi connectivity index (χ2v) is 8.48. The van der Waals surface area contributed by atoms with Gasteiger partial charge in [0.15, 0.2) is 0 Å². The van der Waals surface area contributed by atoms with Gasteiger partial charge < -0.3 is 10.1 Å². The zero-order valence-electron chi connectivity index (χ0n) is 18.2. The van der Waals surface area contributed by atoms with Crippen LogP contribution in [0.5, 0.6) is 5.75 Å². The van der Waals surface area contributed by atoms with E-state index in [4.69, 9.17) is 4.74 Å². The van der Waals surface area contributed by atoms with Crippen LogP contribution in [-0.4, -0.2) is 55.0 Å². The number of carbonyl (C=O) groups excluding carboxylic acids is 1. The van der Waals surface area contributed by atoms with Gasteiger partial charge in [-0.3, -0.25) is 14.6 Å². The van der Waals surface area contributed by atoms with Crippen LogP contribution in [0.25, 0.3) is 0 Å². The van der Waals surface area contributed by atoms with Gasteiger partial charge in [-0.05, 0) is 41.7 Å². The molecule has 5 heteroatoms. The van der Waals surface area contributed by atoms with Crippen LogP contribution in [-0.2, 0) is 24.2 Å². The van der Waals surface area contributed by atoms with Crippen molar-refractivity contribution in [2.75, 3.05) is 39.3 Å². The number of aryl methyl sites for hydroxylation is 1. The van der Waals surface area contributed by atoms with Gasteiger partial charge in [-0.1, -0.05) is 43.3 Å². The average molecular weight is 408 g/mol. The molecular formula is C25H33N3O2. The summed E-state index contributed by atoms with van der Waals surface area (Å²) in [5, 5.41) is 3.15. The molecule has 0 radical (unpaired) electrons. The fraction of sp³-hybridized carbons (Fsp3) is 0.480. The van der Waals surface area contributed by atoms with Crippen molar-refractivity contribution in [3.8, 4) is 5.75 Å². The normalized spacial score (nSPS) is 17.9. The number of carbonyl (C=O) groups is 1. The minimum atomic E-state index is 0.0356. The minimum absolute atomic E-state index is 0.0356. The number of rotatable bonds is 7. The molecule has 0 spiro atoms. The molecule has 1 saturated heterocycles. The first-order valence-electron chi connectivity index (χ1n) is 11.2. The molecule has 1 fully saturated rings. The summed E-state index contributed by atoms with van der Waals surface area (Å²) in [6, 6.07) is 15.1. The van der Waals surface area contributed by atoms with Gasteiger partial charge in [0.05, 0.1) is 19.2 Å². The summed E-state index contributed by atoms with van der Waals surface area (Å²) in [5.41, 5.74) is 5.17. The quantitative estimate of drug-likeness (QED) is 0.766. The van der Waals surface area contributed by atoms with E-state index in [0.29, 0.717) is 6.54 Å². The van der Waals surface area contributed by atoms with Crippen molar-refractivity contribution >= 4 is 5.91 Å². The smallest absolute Gasteiger partial charge is 0.234 e. The van der Waals surface area contributed by atoms with E-state index >= 15 is 0 Å². The van der Waals surface area contributed by atoms with Gasteiger partial charge in [-0.2, -0.15) is 0 Å². The number of fused-ring (bicyclic) bond motifs is 1. The van der Waals surface area contributed by atoms with Crippen molar-refractivity contribution in [3.05, 3.63) is 64.7 Å². The number of hydrogen-bond acceptors (Lipinski definition) is 4. The highest BCUT2D eigenvalue weighted by atomic mass is 16.5. The Morgan fingerprint density at radius 1 is 1.03 bits per heavy atom. The van der Waals surface area contributed by atoms with E-state index in [1.165, 1.54) is 16.7 Å². The third-order valence-electron chi connectivity index (χ3n) is 6.26. The lowest BCUT2D eigenvalue weighted by Gasteiger charge is -2.34. The number of benzene rings is 2. The van der Waals surface area contributed by atoms with E-state index in [2.05, 4.69) is 71.4 Å². The number of ether oxygens (including phenoxy) is 1. The van der Waals surface area contributed by atoms with Crippen molar-refractivity contribution in [2.45, 2.75) is 39.3 Å². The Morgan fingerprint density at radius 3 is 2.47 bits per heavy atom. The second-order valence-electron chi connectivity index (χ2n) is 8.48. The highest BCUT2D eigenvalue weighted by molar-refractivity contribution is 5.78. The van der Waals surface area contributed by atoms with Gasteiger partial charge >= 0.3 is 0 Å². The Balaban J connectivity index is 1.20. The molecule has 2 aliphatic rings. The highest BCUT2D eigenvalue weighted by Gasteiger charge is 2.21. The van der Waals surface area contributed by atoms with E-state index in [0.717, 1.165) is 63.5 Å². The number of nitrogens with zero attached hydrogens (tertiary/aromatic N) is 2. The molecule has 0 bridgehead atoms. The molecular weight excluding hydrogens is 374 g/mol. The lowest BCUT2D eigenvalue weighted by Crippen LogP contribution is -2.49. The zero-order valence-corrected chi connectivity index (χ0v) is 18.2. The van der Waals surface area contributed by atoms with Crippen LogP contribution >= 0.6 is 0 Å². The predicted molar refractivity (Wildman–Crippen MR) is 120 cm³/mol. The molecule has 2 heterocycles. The molecule has 160 valence electrons. The van der Waals surface area contributed by atoms with Crippen LogP contribution in [0.3, 0.4) is 0 Å². The van der Waals surface area contributed by atoms with Crippen LogP contribution < -0.4 is 10.1 Å². The van der Waals surface area contributed by atoms with Gasteiger partial charge in [-0.25, -0.2) is 0 Å². The van der Waals surface area contributed by atoms with Crippen LogP contribution in [0, 0.1) is 0 Å². The first-order valence-corrected chi connectivity index (χ1v) is 11.2. The van der Waals surface area contributed by atoms with Crippen molar-refractivity contribution in [1.29, 1.82) is 0 Å². The molecule has 1 atom stereocenters. The van der Waals surface area contributed by atoms with E-state index in [1.54, 1.807) is 0 Å². The summed E-state index contributed by atoms with van der Waals surface area (Å²) in [6.45, 7) is 10.3. The third-order valence-corrected chi connectivity index (χ3v) is 6.26. The van der Waals surface area contributed by atoms with Gasteiger partial charge in [0, 0.05) is 39.1 Å². The van der Waals surface area contributed by atoms with Gasteiger partial charge in [0.2, 0.25) is 5.91 Å². The first kappa shape index (κ1) is 20.9. The number of nitrogens with one attached hydrogen (secondary N) is 1. The Bertz CT molecular complexity index is 857.